The van der Waals surface area contributed by atoms with Gasteiger partial charge in [0, 0.05) is 7.11 Å². The van der Waals surface area contributed by atoms with Crippen LogP contribution in [0.25, 0.3) is 0 Å². The number of carbonyl (C=O) groups excluding carboxylic acids is 1. The van der Waals surface area contributed by atoms with Crippen LogP contribution in [0.4, 0.5) is 0 Å². The maximum atomic E-state index is 11.3. The van der Waals surface area contributed by atoms with Gasteiger partial charge in [-0.2, -0.15) is 0 Å². The van der Waals surface area contributed by atoms with E-state index < -0.39 is 0 Å². The van der Waals surface area contributed by atoms with Gasteiger partial charge in [-0.15, -0.1) is 0 Å². The zero-order chi connectivity index (χ0) is 16.6. The van der Waals surface area contributed by atoms with E-state index >= 15 is 0 Å². The molecule has 2 atom stereocenters. The standard InChI is InChI=1S/C19H38O3/c1-5-17(2)15-13-11-9-7-6-8-10-12-14-16-18(21-3)19(20)22-4/h17-18H,5-16H2,1-4H3. The number of rotatable bonds is 15. The summed E-state index contributed by atoms with van der Waals surface area (Å²) in [6.45, 7) is 4.64. The molecule has 132 valence electrons. The lowest BCUT2D eigenvalue weighted by atomic mass is 9.99. The Balaban J connectivity index is 3.28. The SMILES string of the molecule is CCC(C)CCCCCCCCCCCC(OC)C(=O)OC. The minimum Gasteiger partial charge on any atom is -0.467 e. The number of unbranched alkanes of at least 4 members (excludes halogenated alkanes) is 8. The van der Waals surface area contributed by atoms with Gasteiger partial charge in [-0.1, -0.05) is 84.5 Å². The second kappa shape index (κ2) is 15.3. The summed E-state index contributed by atoms with van der Waals surface area (Å²) in [7, 11) is 2.99. The van der Waals surface area contributed by atoms with Gasteiger partial charge < -0.3 is 9.47 Å². The summed E-state index contributed by atoms with van der Waals surface area (Å²) in [5, 5.41) is 0. The number of esters is 1. The van der Waals surface area contributed by atoms with Crippen molar-refractivity contribution in [2.24, 2.45) is 5.92 Å². The Morgan fingerprint density at radius 3 is 1.68 bits per heavy atom. The Kier molecular flexibility index (Phi) is 14.9. The maximum Gasteiger partial charge on any atom is 0.334 e. The predicted octanol–water partition coefficient (Wildman–Crippen LogP) is 5.51. The Morgan fingerprint density at radius 1 is 0.818 bits per heavy atom. The van der Waals surface area contributed by atoms with E-state index in [1.165, 1.54) is 71.3 Å². The van der Waals surface area contributed by atoms with Gasteiger partial charge in [0.25, 0.3) is 0 Å². The number of ether oxygens (including phenoxy) is 2. The molecule has 0 rings (SSSR count). The number of hydrogen-bond donors (Lipinski definition) is 0. The molecule has 0 aliphatic heterocycles. The normalized spacial score (nSPS) is 13.8. The van der Waals surface area contributed by atoms with Crippen molar-refractivity contribution in [2.75, 3.05) is 14.2 Å². The van der Waals surface area contributed by atoms with Gasteiger partial charge in [0.1, 0.15) is 0 Å². The van der Waals surface area contributed by atoms with Crippen LogP contribution in [-0.2, 0) is 14.3 Å². The second-order valence-electron chi connectivity index (χ2n) is 6.52. The van der Waals surface area contributed by atoms with E-state index in [2.05, 4.69) is 13.8 Å². The van der Waals surface area contributed by atoms with Crippen LogP contribution in [0.15, 0.2) is 0 Å². The highest BCUT2D eigenvalue weighted by molar-refractivity contribution is 5.74. The highest BCUT2D eigenvalue weighted by Crippen LogP contribution is 2.15. The minimum absolute atomic E-state index is 0.250. The van der Waals surface area contributed by atoms with Gasteiger partial charge >= 0.3 is 5.97 Å². The van der Waals surface area contributed by atoms with E-state index in [9.17, 15) is 4.79 Å². The fourth-order valence-electron chi connectivity index (χ4n) is 2.73. The van der Waals surface area contributed by atoms with Crippen LogP contribution in [0, 0.1) is 5.92 Å². The summed E-state index contributed by atoms with van der Waals surface area (Å²) in [5.41, 5.74) is 0. The minimum atomic E-state index is -0.379. The van der Waals surface area contributed by atoms with E-state index in [0.29, 0.717) is 0 Å². The average Bonchev–Trinajstić information content (AvgIpc) is 2.55. The molecule has 0 heterocycles. The molecule has 0 spiro atoms. The maximum absolute atomic E-state index is 11.3. The lowest BCUT2D eigenvalue weighted by Crippen LogP contribution is -2.24. The monoisotopic (exact) mass is 314 g/mol. The predicted molar refractivity (Wildman–Crippen MR) is 93.1 cm³/mol. The molecule has 0 N–H and O–H groups in total. The first kappa shape index (κ1) is 21.4. The summed E-state index contributed by atoms with van der Waals surface area (Å²) in [5.74, 6) is 0.654. The van der Waals surface area contributed by atoms with Crippen LogP contribution in [-0.4, -0.2) is 26.3 Å². The quantitative estimate of drug-likeness (QED) is 0.295. The molecule has 0 aromatic heterocycles. The molecule has 0 saturated carbocycles. The Morgan fingerprint density at radius 2 is 1.27 bits per heavy atom. The van der Waals surface area contributed by atoms with Crippen LogP contribution >= 0.6 is 0 Å². The van der Waals surface area contributed by atoms with Crippen molar-refractivity contribution in [3.05, 3.63) is 0 Å². The fraction of sp³-hybridized carbons (Fsp3) is 0.947. The van der Waals surface area contributed by atoms with Crippen molar-refractivity contribution in [3.63, 3.8) is 0 Å². The molecule has 0 fully saturated rings. The summed E-state index contributed by atoms with van der Waals surface area (Å²) >= 11 is 0. The van der Waals surface area contributed by atoms with Gasteiger partial charge in [0.2, 0.25) is 0 Å². The van der Waals surface area contributed by atoms with E-state index in [0.717, 1.165) is 18.8 Å². The van der Waals surface area contributed by atoms with Crippen molar-refractivity contribution in [1.82, 2.24) is 0 Å². The molecule has 0 bridgehead atoms. The molecule has 0 aromatic carbocycles. The highest BCUT2D eigenvalue weighted by atomic mass is 16.6. The zero-order valence-electron chi connectivity index (χ0n) is 15.4. The second-order valence-corrected chi connectivity index (χ2v) is 6.52. The molecule has 0 amide bonds. The number of carbonyl (C=O) groups is 1. The van der Waals surface area contributed by atoms with E-state index in [-0.39, 0.29) is 12.1 Å². The van der Waals surface area contributed by atoms with Crippen LogP contribution < -0.4 is 0 Å². The topological polar surface area (TPSA) is 35.5 Å². The van der Waals surface area contributed by atoms with E-state index in [1.54, 1.807) is 7.11 Å². The lowest BCUT2D eigenvalue weighted by Gasteiger charge is -2.12. The molecular formula is C19H38O3. The summed E-state index contributed by atoms with van der Waals surface area (Å²) < 4.78 is 9.84. The van der Waals surface area contributed by atoms with Crippen LogP contribution in [0.1, 0.15) is 90.9 Å². The molecule has 2 unspecified atom stereocenters. The third-order valence-electron chi connectivity index (χ3n) is 4.61. The van der Waals surface area contributed by atoms with Gasteiger partial charge in [0.15, 0.2) is 6.10 Å². The smallest absolute Gasteiger partial charge is 0.334 e. The Hall–Kier alpha value is -0.570. The van der Waals surface area contributed by atoms with Crippen molar-refractivity contribution >= 4 is 5.97 Å². The first-order valence-electron chi connectivity index (χ1n) is 9.26. The van der Waals surface area contributed by atoms with E-state index in [4.69, 9.17) is 9.47 Å². The van der Waals surface area contributed by atoms with Crippen molar-refractivity contribution < 1.29 is 14.3 Å². The largest absolute Gasteiger partial charge is 0.467 e. The lowest BCUT2D eigenvalue weighted by molar-refractivity contribution is -0.152. The fourth-order valence-corrected chi connectivity index (χ4v) is 2.73. The number of hydrogen-bond acceptors (Lipinski definition) is 3. The van der Waals surface area contributed by atoms with Crippen molar-refractivity contribution in [1.29, 1.82) is 0 Å². The van der Waals surface area contributed by atoms with Gasteiger partial charge in [-0.05, 0) is 12.3 Å². The highest BCUT2D eigenvalue weighted by Gasteiger charge is 2.17. The molecule has 3 nitrogen and oxygen atoms in total. The third-order valence-corrected chi connectivity index (χ3v) is 4.61. The Bertz CT molecular complexity index is 253. The molecular weight excluding hydrogens is 276 g/mol. The Labute approximate surface area is 138 Å². The first-order chi connectivity index (χ1) is 10.7. The van der Waals surface area contributed by atoms with Crippen LogP contribution in [0.3, 0.4) is 0 Å². The van der Waals surface area contributed by atoms with E-state index in [1.807, 2.05) is 0 Å². The molecule has 0 saturated heterocycles. The summed E-state index contributed by atoms with van der Waals surface area (Å²) in [6.07, 6.45) is 14.9. The van der Waals surface area contributed by atoms with Gasteiger partial charge in [-0.25, -0.2) is 4.79 Å². The van der Waals surface area contributed by atoms with Crippen molar-refractivity contribution in [2.45, 2.75) is 97.0 Å². The zero-order valence-corrected chi connectivity index (χ0v) is 15.4. The molecule has 22 heavy (non-hydrogen) atoms. The molecule has 0 aromatic rings. The first-order valence-corrected chi connectivity index (χ1v) is 9.26. The van der Waals surface area contributed by atoms with Crippen LogP contribution in [0.5, 0.6) is 0 Å². The average molecular weight is 315 g/mol. The molecule has 0 aliphatic carbocycles. The third kappa shape index (κ3) is 12.0. The van der Waals surface area contributed by atoms with Gasteiger partial charge in [0.05, 0.1) is 7.11 Å². The summed E-state index contributed by atoms with van der Waals surface area (Å²) in [4.78, 5) is 11.3. The van der Waals surface area contributed by atoms with Crippen molar-refractivity contribution in [3.8, 4) is 0 Å². The molecule has 0 aliphatic rings. The summed E-state index contributed by atoms with van der Waals surface area (Å²) in [6, 6.07) is 0. The van der Waals surface area contributed by atoms with Crippen LogP contribution in [0.2, 0.25) is 0 Å². The number of methoxy groups -OCH3 is 2. The molecule has 0 radical (unpaired) electrons. The van der Waals surface area contributed by atoms with Gasteiger partial charge in [-0.3, -0.25) is 0 Å². The molecule has 3 heteroatoms.